The van der Waals surface area contributed by atoms with Gasteiger partial charge in [0.25, 0.3) is 15.9 Å². The molecule has 0 aliphatic carbocycles. The van der Waals surface area contributed by atoms with Crippen LogP contribution in [-0.4, -0.2) is 29.1 Å². The second-order valence-electron chi connectivity index (χ2n) is 7.41. The van der Waals surface area contributed by atoms with E-state index in [9.17, 15) is 17.6 Å². The van der Waals surface area contributed by atoms with Gasteiger partial charge in [0.15, 0.2) is 5.65 Å². The summed E-state index contributed by atoms with van der Waals surface area (Å²) in [6.07, 6.45) is 3.20. The number of pyridine rings is 1. The van der Waals surface area contributed by atoms with Crippen molar-refractivity contribution >= 4 is 38.3 Å². The lowest BCUT2D eigenvalue weighted by Gasteiger charge is -2.10. The van der Waals surface area contributed by atoms with Crippen LogP contribution in [0.2, 0.25) is 0 Å². The molecule has 0 saturated carbocycles. The Bertz CT molecular complexity index is 1400. The van der Waals surface area contributed by atoms with Gasteiger partial charge in [0.05, 0.1) is 23.0 Å². The third-order valence-electron chi connectivity index (χ3n) is 4.68. The maximum atomic E-state index is 13.1. The van der Waals surface area contributed by atoms with Crippen LogP contribution in [0.3, 0.4) is 0 Å². The summed E-state index contributed by atoms with van der Waals surface area (Å²) in [5, 5.41) is 7.80. The van der Waals surface area contributed by atoms with E-state index in [2.05, 4.69) is 20.1 Å². The summed E-state index contributed by atoms with van der Waals surface area (Å²) in [4.78, 5) is 17.0. The molecule has 4 rings (SSSR count). The molecule has 8 nitrogen and oxygen atoms in total. The predicted molar refractivity (Wildman–Crippen MR) is 120 cm³/mol. The normalized spacial score (nSPS) is 11.6. The Labute approximate surface area is 184 Å². The predicted octanol–water partition coefficient (Wildman–Crippen LogP) is 4.20. The maximum absolute atomic E-state index is 13.1. The zero-order valence-electron chi connectivity index (χ0n) is 17.3. The molecule has 0 saturated heterocycles. The molecule has 0 aliphatic rings. The van der Waals surface area contributed by atoms with Crippen LogP contribution in [0.1, 0.15) is 30.2 Å². The number of sulfonamides is 1. The zero-order valence-corrected chi connectivity index (χ0v) is 18.1. The number of nitrogens with zero attached hydrogens (tertiary/aromatic N) is 3. The van der Waals surface area contributed by atoms with Crippen molar-refractivity contribution in [1.29, 1.82) is 0 Å². The molecular weight excluding hydrogens is 433 g/mol. The summed E-state index contributed by atoms with van der Waals surface area (Å²) in [6.45, 7) is 3.99. The molecule has 0 radical (unpaired) electrons. The number of rotatable bonds is 6. The van der Waals surface area contributed by atoms with E-state index in [1.807, 2.05) is 13.8 Å². The lowest BCUT2D eigenvalue weighted by atomic mass is 10.2. The molecule has 2 N–H and O–H groups in total. The lowest BCUT2D eigenvalue weighted by Crippen LogP contribution is -2.16. The molecule has 0 spiro atoms. The Kier molecular flexibility index (Phi) is 5.62. The number of hydrogen-bond acceptors (Lipinski definition) is 5. The number of fused-ring (bicyclic) bond motifs is 1. The van der Waals surface area contributed by atoms with Crippen LogP contribution >= 0.6 is 0 Å². The number of amides is 1. The van der Waals surface area contributed by atoms with Crippen LogP contribution in [0.15, 0.2) is 71.9 Å². The summed E-state index contributed by atoms with van der Waals surface area (Å²) < 4.78 is 42.5. The molecule has 2 aromatic carbocycles. The van der Waals surface area contributed by atoms with Gasteiger partial charge in [0, 0.05) is 22.7 Å². The third-order valence-corrected chi connectivity index (χ3v) is 6.06. The molecule has 32 heavy (non-hydrogen) atoms. The Morgan fingerprint density at radius 3 is 2.50 bits per heavy atom. The highest BCUT2D eigenvalue weighted by atomic mass is 32.2. The van der Waals surface area contributed by atoms with E-state index in [0.29, 0.717) is 11.3 Å². The van der Waals surface area contributed by atoms with E-state index >= 15 is 0 Å². The summed E-state index contributed by atoms with van der Waals surface area (Å²) >= 11 is 0. The first kappa shape index (κ1) is 21.4. The SMILES string of the molecule is CC(C)n1ncc2cc(NC(=O)c3cccc(S(=O)(=O)Nc4ccc(F)cc4)c3)cnc21. The summed E-state index contributed by atoms with van der Waals surface area (Å²) in [7, 11) is -3.97. The van der Waals surface area contributed by atoms with Crippen molar-refractivity contribution in [2.45, 2.75) is 24.8 Å². The van der Waals surface area contributed by atoms with Crippen LogP contribution < -0.4 is 10.0 Å². The van der Waals surface area contributed by atoms with E-state index in [-0.39, 0.29) is 22.2 Å². The molecule has 0 fully saturated rings. The van der Waals surface area contributed by atoms with Gasteiger partial charge in [-0.25, -0.2) is 22.5 Å². The van der Waals surface area contributed by atoms with E-state index < -0.39 is 21.7 Å². The van der Waals surface area contributed by atoms with Gasteiger partial charge in [-0.1, -0.05) is 6.07 Å². The molecular formula is C22H20FN5O3S. The average molecular weight is 453 g/mol. The Hall–Kier alpha value is -3.79. The fourth-order valence-electron chi connectivity index (χ4n) is 3.13. The molecule has 0 aliphatic heterocycles. The Balaban J connectivity index is 1.54. The van der Waals surface area contributed by atoms with E-state index in [0.717, 1.165) is 17.5 Å². The number of benzene rings is 2. The largest absolute Gasteiger partial charge is 0.321 e. The van der Waals surface area contributed by atoms with Gasteiger partial charge in [-0.15, -0.1) is 0 Å². The van der Waals surface area contributed by atoms with E-state index in [4.69, 9.17) is 0 Å². The zero-order chi connectivity index (χ0) is 22.9. The highest BCUT2D eigenvalue weighted by molar-refractivity contribution is 7.92. The summed E-state index contributed by atoms with van der Waals surface area (Å²) in [5.74, 6) is -0.961. The first-order valence-electron chi connectivity index (χ1n) is 9.76. The van der Waals surface area contributed by atoms with Gasteiger partial charge in [0.1, 0.15) is 5.82 Å². The fourth-order valence-corrected chi connectivity index (χ4v) is 4.23. The van der Waals surface area contributed by atoms with Gasteiger partial charge < -0.3 is 5.32 Å². The number of carbonyl (C=O) groups excluding carboxylic acids is 1. The second kappa shape index (κ2) is 8.39. The van der Waals surface area contributed by atoms with E-state index in [1.54, 1.807) is 16.9 Å². The molecule has 2 aromatic heterocycles. The van der Waals surface area contributed by atoms with Crippen molar-refractivity contribution in [3.63, 3.8) is 0 Å². The molecule has 1 amide bonds. The van der Waals surface area contributed by atoms with Crippen molar-refractivity contribution in [1.82, 2.24) is 14.8 Å². The van der Waals surface area contributed by atoms with Gasteiger partial charge >= 0.3 is 0 Å². The number of halogens is 1. The standard InChI is InChI=1S/C22H20FN5O3S/c1-14(2)28-21-16(12-25-28)10-19(13-24-21)26-22(29)15-4-3-5-20(11-15)32(30,31)27-18-8-6-17(23)7-9-18/h3-14,27H,1-2H3,(H,26,29). The minimum Gasteiger partial charge on any atom is -0.321 e. The monoisotopic (exact) mass is 453 g/mol. The number of carbonyl (C=O) groups is 1. The van der Waals surface area contributed by atoms with E-state index in [1.165, 1.54) is 42.6 Å². The molecule has 164 valence electrons. The van der Waals surface area contributed by atoms with Gasteiger partial charge in [-0.2, -0.15) is 5.10 Å². The smallest absolute Gasteiger partial charge is 0.261 e. The van der Waals surface area contributed by atoms with Crippen molar-refractivity contribution in [3.05, 3.63) is 78.4 Å². The summed E-state index contributed by atoms with van der Waals surface area (Å²) in [5.41, 5.74) is 1.54. The molecule has 0 unspecified atom stereocenters. The van der Waals surface area contributed by atoms with Crippen LogP contribution in [0.4, 0.5) is 15.8 Å². The number of aromatic nitrogens is 3. The van der Waals surface area contributed by atoms with Crippen molar-refractivity contribution < 1.29 is 17.6 Å². The number of anilines is 2. The van der Waals surface area contributed by atoms with Crippen molar-refractivity contribution in [2.24, 2.45) is 0 Å². The summed E-state index contributed by atoms with van der Waals surface area (Å²) in [6, 6.07) is 12.4. The third kappa shape index (κ3) is 4.45. The van der Waals surface area contributed by atoms with Crippen molar-refractivity contribution in [3.8, 4) is 0 Å². The molecule has 10 heteroatoms. The van der Waals surface area contributed by atoms with Crippen molar-refractivity contribution in [2.75, 3.05) is 10.0 Å². The van der Waals surface area contributed by atoms with Gasteiger partial charge in [0.2, 0.25) is 0 Å². The Morgan fingerprint density at radius 1 is 1.03 bits per heavy atom. The number of nitrogens with one attached hydrogen (secondary N) is 2. The maximum Gasteiger partial charge on any atom is 0.261 e. The first-order valence-corrected chi connectivity index (χ1v) is 11.2. The van der Waals surface area contributed by atoms with Crippen LogP contribution in [0, 0.1) is 5.82 Å². The first-order chi connectivity index (χ1) is 15.2. The highest BCUT2D eigenvalue weighted by Crippen LogP contribution is 2.21. The minimum absolute atomic E-state index is 0.0961. The lowest BCUT2D eigenvalue weighted by molar-refractivity contribution is 0.102. The van der Waals surface area contributed by atoms with Gasteiger partial charge in [-0.3, -0.25) is 9.52 Å². The quantitative estimate of drug-likeness (QED) is 0.455. The number of hydrogen-bond donors (Lipinski definition) is 2. The Morgan fingerprint density at radius 2 is 1.78 bits per heavy atom. The molecule has 0 bridgehead atoms. The highest BCUT2D eigenvalue weighted by Gasteiger charge is 2.17. The van der Waals surface area contributed by atoms with Crippen LogP contribution in [-0.2, 0) is 10.0 Å². The second-order valence-corrected chi connectivity index (χ2v) is 9.10. The molecule has 2 heterocycles. The average Bonchev–Trinajstić information content (AvgIpc) is 3.19. The van der Waals surface area contributed by atoms with Crippen LogP contribution in [0.25, 0.3) is 11.0 Å². The van der Waals surface area contributed by atoms with Gasteiger partial charge in [-0.05, 0) is 62.4 Å². The topological polar surface area (TPSA) is 106 Å². The molecule has 4 aromatic rings. The molecule has 0 atom stereocenters. The minimum atomic E-state index is -3.97. The van der Waals surface area contributed by atoms with Crippen LogP contribution in [0.5, 0.6) is 0 Å². The fraction of sp³-hybridized carbons (Fsp3) is 0.136.